The summed E-state index contributed by atoms with van der Waals surface area (Å²) in [4.78, 5) is 17.2. The standard InChI is InChI=1S/C11H19O4P/c1-3-5-6-7-8-9-10-11(4-2)15-16(12,13)14/h4-6,8-9,11H,2-3,7,10H2,1H3,(H2,12,13,14)/b6-5-,9-8-/t11-/m0/s1. The Balaban J connectivity index is 3.91. The molecule has 0 radical (unpaired) electrons. The van der Waals surface area contributed by atoms with E-state index in [1.807, 2.05) is 18.2 Å². The van der Waals surface area contributed by atoms with Gasteiger partial charge in [0.05, 0.1) is 6.10 Å². The number of hydrogen-bond acceptors (Lipinski definition) is 2. The van der Waals surface area contributed by atoms with Gasteiger partial charge >= 0.3 is 7.82 Å². The van der Waals surface area contributed by atoms with Crippen molar-refractivity contribution in [1.29, 1.82) is 0 Å². The Hall–Kier alpha value is -0.670. The van der Waals surface area contributed by atoms with Crippen LogP contribution in [0.15, 0.2) is 37.0 Å². The lowest BCUT2D eigenvalue weighted by Gasteiger charge is -2.11. The number of phosphoric acid groups is 1. The molecule has 0 rings (SSSR count). The molecule has 0 fully saturated rings. The van der Waals surface area contributed by atoms with E-state index in [2.05, 4.69) is 24.1 Å². The number of allylic oxidation sites excluding steroid dienone is 3. The third-order valence-electron chi connectivity index (χ3n) is 1.75. The third-order valence-corrected chi connectivity index (χ3v) is 2.29. The molecule has 0 aromatic rings. The van der Waals surface area contributed by atoms with Crippen LogP contribution in [0.5, 0.6) is 0 Å². The molecule has 0 aromatic carbocycles. The molecule has 0 saturated heterocycles. The summed E-state index contributed by atoms with van der Waals surface area (Å²) in [6.45, 7) is 5.51. The molecular formula is C11H19O4P. The van der Waals surface area contributed by atoms with Crippen molar-refractivity contribution in [2.75, 3.05) is 0 Å². The summed E-state index contributed by atoms with van der Waals surface area (Å²) in [5.74, 6) is 0. The second-order valence-electron chi connectivity index (χ2n) is 3.19. The summed E-state index contributed by atoms with van der Waals surface area (Å²) in [7, 11) is -4.42. The quantitative estimate of drug-likeness (QED) is 0.510. The molecular weight excluding hydrogens is 227 g/mol. The van der Waals surface area contributed by atoms with Crippen LogP contribution >= 0.6 is 7.82 Å². The van der Waals surface area contributed by atoms with Crippen LogP contribution in [-0.2, 0) is 9.09 Å². The summed E-state index contributed by atoms with van der Waals surface area (Å²) in [6, 6.07) is 0. The molecule has 0 aliphatic rings. The first-order valence-electron chi connectivity index (χ1n) is 5.16. The Morgan fingerprint density at radius 1 is 1.31 bits per heavy atom. The minimum absolute atomic E-state index is 0.411. The minimum Gasteiger partial charge on any atom is -0.303 e. The maximum absolute atomic E-state index is 10.6. The van der Waals surface area contributed by atoms with E-state index in [-0.39, 0.29) is 0 Å². The highest BCUT2D eigenvalue weighted by molar-refractivity contribution is 7.46. The predicted molar refractivity (Wildman–Crippen MR) is 64.9 cm³/mol. The maximum atomic E-state index is 10.6. The van der Waals surface area contributed by atoms with Crippen molar-refractivity contribution in [3.8, 4) is 0 Å². The molecule has 2 N–H and O–H groups in total. The zero-order chi connectivity index (χ0) is 12.4. The highest BCUT2D eigenvalue weighted by Crippen LogP contribution is 2.38. The summed E-state index contributed by atoms with van der Waals surface area (Å²) in [5, 5.41) is 0. The fraction of sp³-hybridized carbons (Fsp3) is 0.455. The Morgan fingerprint density at radius 2 is 1.94 bits per heavy atom. The first-order valence-corrected chi connectivity index (χ1v) is 6.69. The van der Waals surface area contributed by atoms with Gasteiger partial charge in [-0.1, -0.05) is 37.3 Å². The fourth-order valence-corrected chi connectivity index (χ4v) is 1.55. The monoisotopic (exact) mass is 246 g/mol. The molecule has 5 heteroatoms. The van der Waals surface area contributed by atoms with Crippen LogP contribution in [0.1, 0.15) is 26.2 Å². The normalized spacial score (nSPS) is 14.7. The Labute approximate surface area is 96.6 Å². The molecule has 0 unspecified atom stereocenters. The Kier molecular flexibility index (Phi) is 8.12. The second-order valence-corrected chi connectivity index (χ2v) is 4.38. The van der Waals surface area contributed by atoms with Crippen LogP contribution in [0.3, 0.4) is 0 Å². The molecule has 0 aliphatic carbocycles. The van der Waals surface area contributed by atoms with Crippen molar-refractivity contribution in [2.45, 2.75) is 32.3 Å². The van der Waals surface area contributed by atoms with Crippen molar-refractivity contribution in [1.82, 2.24) is 0 Å². The third kappa shape index (κ3) is 9.87. The molecule has 0 bridgehead atoms. The van der Waals surface area contributed by atoms with Gasteiger partial charge in [-0.05, 0) is 19.3 Å². The van der Waals surface area contributed by atoms with E-state index >= 15 is 0 Å². The van der Waals surface area contributed by atoms with E-state index in [9.17, 15) is 4.57 Å². The van der Waals surface area contributed by atoms with Gasteiger partial charge in [0, 0.05) is 0 Å². The van der Waals surface area contributed by atoms with Gasteiger partial charge in [-0.25, -0.2) is 4.57 Å². The molecule has 92 valence electrons. The van der Waals surface area contributed by atoms with Gasteiger partial charge in [0.2, 0.25) is 0 Å². The molecule has 0 spiro atoms. The molecule has 0 saturated carbocycles. The van der Waals surface area contributed by atoms with E-state index in [0.717, 1.165) is 12.8 Å². The number of phosphoric ester groups is 1. The van der Waals surface area contributed by atoms with E-state index < -0.39 is 13.9 Å². The zero-order valence-electron chi connectivity index (χ0n) is 9.45. The minimum atomic E-state index is -4.42. The first kappa shape index (κ1) is 15.3. The van der Waals surface area contributed by atoms with Crippen LogP contribution in [-0.4, -0.2) is 15.9 Å². The highest BCUT2D eigenvalue weighted by atomic mass is 31.2. The zero-order valence-corrected chi connectivity index (χ0v) is 10.3. The van der Waals surface area contributed by atoms with Gasteiger partial charge < -0.3 is 9.79 Å². The highest BCUT2D eigenvalue weighted by Gasteiger charge is 2.18. The number of hydrogen-bond donors (Lipinski definition) is 2. The molecule has 0 heterocycles. The molecule has 1 atom stereocenters. The van der Waals surface area contributed by atoms with Gasteiger partial charge in [-0.2, -0.15) is 0 Å². The topological polar surface area (TPSA) is 66.8 Å². The second kappa shape index (κ2) is 8.48. The lowest BCUT2D eigenvalue weighted by molar-refractivity contribution is 0.163. The fourth-order valence-electron chi connectivity index (χ4n) is 1.03. The van der Waals surface area contributed by atoms with Gasteiger partial charge in [-0.3, -0.25) is 4.52 Å². The van der Waals surface area contributed by atoms with Crippen molar-refractivity contribution < 1.29 is 18.9 Å². The van der Waals surface area contributed by atoms with Crippen LogP contribution in [0.4, 0.5) is 0 Å². The van der Waals surface area contributed by atoms with Gasteiger partial charge in [0.25, 0.3) is 0 Å². The lowest BCUT2D eigenvalue weighted by atomic mass is 10.2. The smallest absolute Gasteiger partial charge is 0.303 e. The van der Waals surface area contributed by atoms with Crippen molar-refractivity contribution >= 4 is 7.82 Å². The summed E-state index contributed by atoms with van der Waals surface area (Å²) in [5.41, 5.74) is 0. The van der Waals surface area contributed by atoms with E-state index in [1.165, 1.54) is 6.08 Å². The average Bonchev–Trinajstić information content (AvgIpc) is 2.19. The molecule has 4 nitrogen and oxygen atoms in total. The van der Waals surface area contributed by atoms with Gasteiger partial charge in [0.1, 0.15) is 0 Å². The van der Waals surface area contributed by atoms with Gasteiger partial charge in [-0.15, -0.1) is 6.58 Å². The summed E-state index contributed by atoms with van der Waals surface area (Å²) in [6.07, 6.45) is 10.8. The first-order chi connectivity index (χ1) is 7.49. The van der Waals surface area contributed by atoms with Gasteiger partial charge in [0.15, 0.2) is 0 Å². The Morgan fingerprint density at radius 3 is 2.44 bits per heavy atom. The van der Waals surface area contributed by atoms with E-state index in [1.54, 1.807) is 0 Å². The lowest BCUT2D eigenvalue weighted by Crippen LogP contribution is -2.05. The predicted octanol–water partition coefficient (Wildman–Crippen LogP) is 2.95. The molecule has 0 amide bonds. The van der Waals surface area contributed by atoms with Crippen molar-refractivity contribution in [2.24, 2.45) is 0 Å². The molecule has 0 aromatic heterocycles. The van der Waals surface area contributed by atoms with E-state index in [0.29, 0.717) is 6.42 Å². The largest absolute Gasteiger partial charge is 0.470 e. The van der Waals surface area contributed by atoms with Crippen molar-refractivity contribution in [3.05, 3.63) is 37.0 Å². The maximum Gasteiger partial charge on any atom is 0.470 e. The summed E-state index contributed by atoms with van der Waals surface area (Å²) < 4.78 is 15.1. The van der Waals surface area contributed by atoms with E-state index in [4.69, 9.17) is 9.79 Å². The summed E-state index contributed by atoms with van der Waals surface area (Å²) >= 11 is 0. The van der Waals surface area contributed by atoms with Crippen LogP contribution in [0, 0.1) is 0 Å². The molecule has 0 aliphatic heterocycles. The average molecular weight is 246 g/mol. The number of rotatable bonds is 8. The van der Waals surface area contributed by atoms with Crippen LogP contribution in [0.2, 0.25) is 0 Å². The van der Waals surface area contributed by atoms with Crippen LogP contribution in [0.25, 0.3) is 0 Å². The van der Waals surface area contributed by atoms with Crippen molar-refractivity contribution in [3.63, 3.8) is 0 Å². The van der Waals surface area contributed by atoms with Crippen LogP contribution < -0.4 is 0 Å². The SMILES string of the molecule is C=C[C@@H](C/C=C\C/C=C\CC)OP(=O)(O)O. The Bertz CT molecular complexity index is 290. The molecule has 16 heavy (non-hydrogen) atoms.